The summed E-state index contributed by atoms with van der Waals surface area (Å²) in [7, 11) is 3.01. The van der Waals surface area contributed by atoms with Crippen molar-refractivity contribution in [2.75, 3.05) is 14.2 Å². The number of rotatable bonds is 6. The molecule has 2 aromatic carbocycles. The second kappa shape index (κ2) is 8.73. The molecule has 0 aliphatic heterocycles. The van der Waals surface area contributed by atoms with E-state index < -0.39 is 5.91 Å². The van der Waals surface area contributed by atoms with Crippen molar-refractivity contribution < 1.29 is 19.1 Å². The van der Waals surface area contributed by atoms with Gasteiger partial charge in [-0.15, -0.1) is 0 Å². The van der Waals surface area contributed by atoms with E-state index in [-0.39, 0.29) is 18.2 Å². The lowest BCUT2D eigenvalue weighted by Gasteiger charge is -2.13. The molecule has 2 amide bonds. The van der Waals surface area contributed by atoms with E-state index in [0.29, 0.717) is 17.1 Å². The zero-order chi connectivity index (χ0) is 18.2. The monoisotopic (exact) mass is 342 g/mol. The molecule has 6 heteroatoms. The molecule has 25 heavy (non-hydrogen) atoms. The minimum Gasteiger partial charge on any atom is -0.493 e. The molecule has 0 aliphatic rings. The summed E-state index contributed by atoms with van der Waals surface area (Å²) in [5.41, 5.74) is 6.28. The van der Waals surface area contributed by atoms with Crippen molar-refractivity contribution in [1.82, 2.24) is 10.9 Å². The van der Waals surface area contributed by atoms with Crippen molar-refractivity contribution >= 4 is 11.8 Å². The molecule has 0 heterocycles. The lowest BCUT2D eigenvalue weighted by Crippen LogP contribution is -2.42. The number of hydrogen-bond acceptors (Lipinski definition) is 4. The fourth-order valence-electron chi connectivity index (χ4n) is 2.40. The van der Waals surface area contributed by atoms with Gasteiger partial charge in [-0.2, -0.15) is 0 Å². The zero-order valence-electron chi connectivity index (χ0n) is 14.5. The van der Waals surface area contributed by atoms with Gasteiger partial charge in [0.05, 0.1) is 14.2 Å². The second-order valence-electron chi connectivity index (χ2n) is 5.59. The molecule has 0 bridgehead atoms. The molecule has 0 saturated heterocycles. The fraction of sp³-hybridized carbons (Fsp3) is 0.263. The average Bonchev–Trinajstić information content (AvgIpc) is 2.66. The molecule has 2 aromatic rings. The Kier molecular flexibility index (Phi) is 6.39. The van der Waals surface area contributed by atoms with Crippen LogP contribution in [0.3, 0.4) is 0 Å². The largest absolute Gasteiger partial charge is 0.493 e. The molecule has 0 saturated carbocycles. The summed E-state index contributed by atoms with van der Waals surface area (Å²) < 4.78 is 10.3. The first kappa shape index (κ1) is 18.3. The molecule has 0 fully saturated rings. The Balaban J connectivity index is 1.90. The Bertz CT molecular complexity index is 731. The van der Waals surface area contributed by atoms with Crippen LogP contribution >= 0.6 is 0 Å². The fourth-order valence-corrected chi connectivity index (χ4v) is 2.40. The molecular formula is C19H22N2O4. The molecule has 0 spiro atoms. The normalized spacial score (nSPS) is 11.3. The summed E-state index contributed by atoms with van der Waals surface area (Å²) in [5, 5.41) is 0. The molecule has 2 rings (SSSR count). The summed E-state index contributed by atoms with van der Waals surface area (Å²) >= 11 is 0. The Hall–Kier alpha value is -3.02. The molecule has 0 aromatic heterocycles. The number of carbonyl (C=O) groups is 2. The Morgan fingerprint density at radius 1 is 0.960 bits per heavy atom. The van der Waals surface area contributed by atoms with Gasteiger partial charge >= 0.3 is 0 Å². The molecule has 0 radical (unpaired) electrons. The number of ether oxygens (including phenoxy) is 2. The third kappa shape index (κ3) is 4.97. The molecule has 0 aliphatic carbocycles. The highest BCUT2D eigenvalue weighted by Crippen LogP contribution is 2.27. The van der Waals surface area contributed by atoms with Gasteiger partial charge in [-0.05, 0) is 29.7 Å². The maximum atomic E-state index is 12.2. The van der Waals surface area contributed by atoms with E-state index in [1.807, 2.05) is 37.3 Å². The van der Waals surface area contributed by atoms with Gasteiger partial charge < -0.3 is 9.47 Å². The maximum absolute atomic E-state index is 12.2. The van der Waals surface area contributed by atoms with Crippen molar-refractivity contribution in [2.45, 2.75) is 19.3 Å². The molecule has 1 unspecified atom stereocenters. The van der Waals surface area contributed by atoms with E-state index in [1.54, 1.807) is 18.2 Å². The van der Waals surface area contributed by atoms with Crippen LogP contribution in [-0.4, -0.2) is 26.0 Å². The average molecular weight is 342 g/mol. The van der Waals surface area contributed by atoms with Crippen molar-refractivity contribution in [3.63, 3.8) is 0 Å². The predicted octanol–water partition coefficient (Wildman–Crippen LogP) is 2.66. The van der Waals surface area contributed by atoms with E-state index >= 15 is 0 Å². The van der Waals surface area contributed by atoms with E-state index in [2.05, 4.69) is 10.9 Å². The summed E-state index contributed by atoms with van der Waals surface area (Å²) in [6.45, 7) is 1.96. The highest BCUT2D eigenvalue weighted by molar-refractivity contribution is 5.96. The van der Waals surface area contributed by atoms with Gasteiger partial charge in [-0.25, -0.2) is 0 Å². The third-order valence-electron chi connectivity index (χ3n) is 3.82. The van der Waals surface area contributed by atoms with E-state index in [9.17, 15) is 9.59 Å². The van der Waals surface area contributed by atoms with Gasteiger partial charge in [-0.3, -0.25) is 20.4 Å². The van der Waals surface area contributed by atoms with Gasteiger partial charge in [0.15, 0.2) is 11.5 Å². The zero-order valence-corrected chi connectivity index (χ0v) is 14.5. The number of hydrazine groups is 1. The first-order valence-corrected chi connectivity index (χ1v) is 7.91. The first-order chi connectivity index (χ1) is 12.0. The topological polar surface area (TPSA) is 76.7 Å². The standard InChI is InChI=1S/C19H22N2O4/c1-13(14-7-5-4-6-8-14)11-18(22)20-21-19(23)15-9-10-16(24-2)17(12-15)25-3/h4-10,12-13H,11H2,1-3H3,(H,20,22)(H,21,23). The quantitative estimate of drug-likeness (QED) is 0.791. The molecule has 132 valence electrons. The molecule has 2 N–H and O–H groups in total. The third-order valence-corrected chi connectivity index (χ3v) is 3.82. The number of benzene rings is 2. The number of carbonyl (C=O) groups excluding carboxylic acids is 2. The van der Waals surface area contributed by atoms with Gasteiger partial charge in [0.1, 0.15) is 0 Å². The predicted molar refractivity (Wildman–Crippen MR) is 94.6 cm³/mol. The van der Waals surface area contributed by atoms with Gasteiger partial charge in [-0.1, -0.05) is 37.3 Å². The van der Waals surface area contributed by atoms with Gasteiger partial charge in [0, 0.05) is 12.0 Å². The maximum Gasteiger partial charge on any atom is 0.269 e. The minimum absolute atomic E-state index is 0.0548. The summed E-state index contributed by atoms with van der Waals surface area (Å²) in [6, 6.07) is 14.5. The van der Waals surface area contributed by atoms with Crippen LogP contribution in [0.15, 0.2) is 48.5 Å². The van der Waals surface area contributed by atoms with Crippen LogP contribution in [0.5, 0.6) is 11.5 Å². The van der Waals surface area contributed by atoms with E-state index in [1.165, 1.54) is 14.2 Å². The van der Waals surface area contributed by atoms with Crippen LogP contribution in [0.25, 0.3) is 0 Å². The number of hydrogen-bond donors (Lipinski definition) is 2. The summed E-state index contributed by atoms with van der Waals surface area (Å²) in [4.78, 5) is 24.2. The highest BCUT2D eigenvalue weighted by Gasteiger charge is 2.14. The molecular weight excluding hydrogens is 320 g/mol. The lowest BCUT2D eigenvalue weighted by atomic mass is 9.98. The number of methoxy groups -OCH3 is 2. The van der Waals surface area contributed by atoms with E-state index in [4.69, 9.17) is 9.47 Å². The van der Waals surface area contributed by atoms with Crippen molar-refractivity contribution in [1.29, 1.82) is 0 Å². The molecule has 1 atom stereocenters. The Morgan fingerprint density at radius 2 is 1.64 bits per heavy atom. The van der Waals surface area contributed by atoms with Crippen LogP contribution in [-0.2, 0) is 4.79 Å². The van der Waals surface area contributed by atoms with Crippen LogP contribution in [0.1, 0.15) is 35.2 Å². The SMILES string of the molecule is COc1ccc(C(=O)NNC(=O)CC(C)c2ccccc2)cc1OC. The van der Waals surface area contributed by atoms with Crippen LogP contribution in [0.2, 0.25) is 0 Å². The number of amides is 2. The highest BCUT2D eigenvalue weighted by atomic mass is 16.5. The van der Waals surface area contributed by atoms with Crippen molar-refractivity contribution in [3.8, 4) is 11.5 Å². The van der Waals surface area contributed by atoms with Gasteiger partial charge in [0.25, 0.3) is 5.91 Å². The lowest BCUT2D eigenvalue weighted by molar-refractivity contribution is -0.122. The second-order valence-corrected chi connectivity index (χ2v) is 5.59. The Labute approximate surface area is 147 Å². The summed E-state index contributed by atoms with van der Waals surface area (Å²) in [6.07, 6.45) is 0.274. The van der Waals surface area contributed by atoms with Crippen molar-refractivity contribution in [3.05, 3.63) is 59.7 Å². The smallest absolute Gasteiger partial charge is 0.269 e. The van der Waals surface area contributed by atoms with Crippen molar-refractivity contribution in [2.24, 2.45) is 0 Å². The van der Waals surface area contributed by atoms with Crippen LogP contribution in [0.4, 0.5) is 0 Å². The van der Waals surface area contributed by atoms with Crippen LogP contribution in [0, 0.1) is 0 Å². The van der Waals surface area contributed by atoms with Gasteiger partial charge in [0.2, 0.25) is 5.91 Å². The number of nitrogens with one attached hydrogen (secondary N) is 2. The first-order valence-electron chi connectivity index (χ1n) is 7.91. The minimum atomic E-state index is -0.429. The van der Waals surface area contributed by atoms with E-state index in [0.717, 1.165) is 5.56 Å². The molecule has 6 nitrogen and oxygen atoms in total. The Morgan fingerprint density at radius 3 is 2.28 bits per heavy atom. The summed E-state index contributed by atoms with van der Waals surface area (Å²) in [5.74, 6) is 0.338. The van der Waals surface area contributed by atoms with Crippen LogP contribution < -0.4 is 20.3 Å².